The second-order valence-corrected chi connectivity index (χ2v) is 4.03. The van der Waals surface area contributed by atoms with Gasteiger partial charge in [0.05, 0.1) is 5.56 Å². The van der Waals surface area contributed by atoms with Crippen molar-refractivity contribution in [1.82, 2.24) is 0 Å². The highest BCUT2D eigenvalue weighted by atomic mass is 19.4. The van der Waals surface area contributed by atoms with Crippen LogP contribution in [0.5, 0.6) is 0 Å². The Morgan fingerprint density at radius 3 is 2.22 bits per heavy atom. The summed E-state index contributed by atoms with van der Waals surface area (Å²) >= 11 is 0. The predicted molar refractivity (Wildman–Crippen MR) is 61.6 cm³/mol. The van der Waals surface area contributed by atoms with Crippen LogP contribution in [-0.4, -0.2) is 0 Å². The Kier molecular flexibility index (Phi) is 3.11. The minimum Gasteiger partial charge on any atom is -0.206 e. The SMILES string of the molecule is Cc1ccc(F)c(-c2ccccc2C(F)(F)F)c1. The van der Waals surface area contributed by atoms with Crippen molar-refractivity contribution in [2.24, 2.45) is 0 Å². The Morgan fingerprint density at radius 2 is 1.56 bits per heavy atom. The Bertz CT molecular complexity index is 570. The molecule has 0 aliphatic carbocycles. The topological polar surface area (TPSA) is 0 Å². The van der Waals surface area contributed by atoms with E-state index in [2.05, 4.69) is 0 Å². The molecule has 0 amide bonds. The standard InChI is InChI=1S/C14H10F4/c1-9-6-7-13(15)11(8-9)10-4-2-3-5-12(10)14(16,17)18/h2-8H,1H3. The van der Waals surface area contributed by atoms with Gasteiger partial charge in [-0.15, -0.1) is 0 Å². The summed E-state index contributed by atoms with van der Waals surface area (Å²) in [6.07, 6.45) is -4.49. The molecule has 0 atom stereocenters. The van der Waals surface area contributed by atoms with E-state index in [1.807, 2.05) is 0 Å². The molecule has 0 aliphatic heterocycles. The lowest BCUT2D eigenvalue weighted by Gasteiger charge is -2.13. The number of halogens is 4. The van der Waals surface area contributed by atoms with Crippen molar-refractivity contribution < 1.29 is 17.6 Å². The quantitative estimate of drug-likeness (QED) is 0.640. The first-order chi connectivity index (χ1) is 8.39. The third-order valence-corrected chi connectivity index (χ3v) is 2.64. The lowest BCUT2D eigenvalue weighted by Crippen LogP contribution is -2.07. The molecule has 2 aromatic rings. The minimum atomic E-state index is -4.49. The highest BCUT2D eigenvalue weighted by molar-refractivity contribution is 5.69. The Labute approximate surface area is 102 Å². The molecule has 0 heterocycles. The number of alkyl halides is 3. The predicted octanol–water partition coefficient (Wildman–Crippen LogP) is 4.82. The van der Waals surface area contributed by atoms with E-state index >= 15 is 0 Å². The van der Waals surface area contributed by atoms with E-state index in [0.717, 1.165) is 6.07 Å². The van der Waals surface area contributed by atoms with Gasteiger partial charge in [-0.2, -0.15) is 13.2 Å². The zero-order valence-electron chi connectivity index (χ0n) is 9.55. The van der Waals surface area contributed by atoms with Crippen molar-refractivity contribution in [3.05, 3.63) is 59.4 Å². The molecule has 0 fully saturated rings. The van der Waals surface area contributed by atoms with Gasteiger partial charge in [-0.25, -0.2) is 4.39 Å². The van der Waals surface area contributed by atoms with Crippen molar-refractivity contribution in [3.8, 4) is 11.1 Å². The van der Waals surface area contributed by atoms with Gasteiger partial charge in [0.1, 0.15) is 5.82 Å². The van der Waals surface area contributed by atoms with Crippen LogP contribution >= 0.6 is 0 Å². The molecule has 0 bridgehead atoms. The highest BCUT2D eigenvalue weighted by Gasteiger charge is 2.33. The van der Waals surface area contributed by atoms with Crippen LogP contribution < -0.4 is 0 Å². The smallest absolute Gasteiger partial charge is 0.206 e. The zero-order valence-corrected chi connectivity index (χ0v) is 9.55. The van der Waals surface area contributed by atoms with E-state index in [4.69, 9.17) is 0 Å². The number of hydrogen-bond acceptors (Lipinski definition) is 0. The molecule has 0 saturated heterocycles. The van der Waals surface area contributed by atoms with Gasteiger partial charge in [-0.1, -0.05) is 29.8 Å². The molecule has 0 unspecified atom stereocenters. The third-order valence-electron chi connectivity index (χ3n) is 2.64. The zero-order chi connectivity index (χ0) is 13.3. The normalized spacial score (nSPS) is 11.6. The summed E-state index contributed by atoms with van der Waals surface area (Å²) in [6.45, 7) is 1.71. The van der Waals surface area contributed by atoms with E-state index in [1.165, 1.54) is 36.4 Å². The molecule has 0 aliphatic rings. The fourth-order valence-corrected chi connectivity index (χ4v) is 1.81. The van der Waals surface area contributed by atoms with E-state index < -0.39 is 17.6 Å². The first-order valence-corrected chi connectivity index (χ1v) is 5.32. The van der Waals surface area contributed by atoms with Gasteiger partial charge >= 0.3 is 6.18 Å². The van der Waals surface area contributed by atoms with Crippen LogP contribution in [0.4, 0.5) is 17.6 Å². The Balaban J connectivity index is 2.68. The highest BCUT2D eigenvalue weighted by Crippen LogP contribution is 2.37. The fourth-order valence-electron chi connectivity index (χ4n) is 1.81. The third kappa shape index (κ3) is 2.37. The van der Waals surface area contributed by atoms with Crippen LogP contribution in [0.25, 0.3) is 11.1 Å². The summed E-state index contributed by atoms with van der Waals surface area (Å²) < 4.78 is 52.2. The van der Waals surface area contributed by atoms with Crippen LogP contribution in [0, 0.1) is 12.7 Å². The molecule has 2 aromatic carbocycles. The van der Waals surface area contributed by atoms with Gasteiger partial charge < -0.3 is 0 Å². The molecular weight excluding hydrogens is 244 g/mol. The fraction of sp³-hybridized carbons (Fsp3) is 0.143. The largest absolute Gasteiger partial charge is 0.417 e. The number of aryl methyl sites for hydroxylation is 1. The number of rotatable bonds is 1. The number of hydrogen-bond donors (Lipinski definition) is 0. The van der Waals surface area contributed by atoms with Gasteiger partial charge in [0, 0.05) is 5.56 Å². The van der Waals surface area contributed by atoms with Crippen molar-refractivity contribution in [3.63, 3.8) is 0 Å². The monoisotopic (exact) mass is 254 g/mol. The molecule has 18 heavy (non-hydrogen) atoms. The van der Waals surface area contributed by atoms with E-state index in [1.54, 1.807) is 6.92 Å². The second-order valence-electron chi connectivity index (χ2n) is 4.03. The molecule has 94 valence electrons. The maximum absolute atomic E-state index is 13.7. The molecule has 0 N–H and O–H groups in total. The second kappa shape index (κ2) is 4.44. The number of benzene rings is 2. The molecule has 2 rings (SSSR count). The summed E-state index contributed by atoms with van der Waals surface area (Å²) in [5, 5.41) is 0. The van der Waals surface area contributed by atoms with E-state index in [9.17, 15) is 17.6 Å². The van der Waals surface area contributed by atoms with Gasteiger partial charge in [-0.05, 0) is 30.7 Å². The van der Waals surface area contributed by atoms with Crippen molar-refractivity contribution >= 4 is 0 Å². The van der Waals surface area contributed by atoms with Crippen LogP contribution in [0.3, 0.4) is 0 Å². The summed E-state index contributed by atoms with van der Waals surface area (Å²) in [6, 6.07) is 9.11. The maximum atomic E-state index is 13.7. The van der Waals surface area contributed by atoms with Crippen LogP contribution in [0.1, 0.15) is 11.1 Å². The van der Waals surface area contributed by atoms with Crippen LogP contribution in [-0.2, 0) is 6.18 Å². The first kappa shape index (κ1) is 12.6. The molecule has 0 aromatic heterocycles. The van der Waals surface area contributed by atoms with Gasteiger partial charge in [0.25, 0.3) is 0 Å². The summed E-state index contributed by atoms with van der Waals surface area (Å²) in [4.78, 5) is 0. The molecule has 0 spiro atoms. The average molecular weight is 254 g/mol. The molecule has 0 radical (unpaired) electrons. The summed E-state index contributed by atoms with van der Waals surface area (Å²) in [7, 11) is 0. The lowest BCUT2D eigenvalue weighted by atomic mass is 9.97. The van der Waals surface area contributed by atoms with Gasteiger partial charge in [-0.3, -0.25) is 0 Å². The summed E-state index contributed by atoms with van der Waals surface area (Å²) in [5.74, 6) is -0.655. The van der Waals surface area contributed by atoms with Crippen LogP contribution in [0.15, 0.2) is 42.5 Å². The van der Waals surface area contributed by atoms with Gasteiger partial charge in [0.15, 0.2) is 0 Å². The molecule has 0 nitrogen and oxygen atoms in total. The van der Waals surface area contributed by atoms with Crippen molar-refractivity contribution in [2.45, 2.75) is 13.1 Å². The lowest BCUT2D eigenvalue weighted by molar-refractivity contribution is -0.137. The summed E-state index contributed by atoms with van der Waals surface area (Å²) in [5.41, 5.74) is -0.271. The Morgan fingerprint density at radius 1 is 0.889 bits per heavy atom. The van der Waals surface area contributed by atoms with Crippen molar-refractivity contribution in [1.29, 1.82) is 0 Å². The average Bonchev–Trinajstić information content (AvgIpc) is 2.31. The minimum absolute atomic E-state index is 0.0251. The van der Waals surface area contributed by atoms with E-state index in [-0.39, 0.29) is 11.1 Å². The van der Waals surface area contributed by atoms with Crippen LogP contribution in [0.2, 0.25) is 0 Å². The molecule has 0 saturated carbocycles. The van der Waals surface area contributed by atoms with E-state index in [0.29, 0.717) is 5.56 Å². The molecular formula is C14H10F4. The first-order valence-electron chi connectivity index (χ1n) is 5.32. The maximum Gasteiger partial charge on any atom is 0.417 e. The van der Waals surface area contributed by atoms with Gasteiger partial charge in [0.2, 0.25) is 0 Å². The Hall–Kier alpha value is -1.84. The van der Waals surface area contributed by atoms with Crippen molar-refractivity contribution in [2.75, 3.05) is 0 Å². The molecule has 4 heteroatoms.